The Bertz CT molecular complexity index is 1400. The van der Waals surface area contributed by atoms with Crippen LogP contribution < -0.4 is 16.2 Å². The van der Waals surface area contributed by atoms with Crippen LogP contribution in [-0.2, 0) is 12.6 Å². The first-order valence-corrected chi connectivity index (χ1v) is 10.6. The van der Waals surface area contributed by atoms with E-state index in [4.69, 9.17) is 11.6 Å². The van der Waals surface area contributed by atoms with Crippen LogP contribution in [0.15, 0.2) is 71.5 Å². The van der Waals surface area contributed by atoms with Crippen molar-refractivity contribution in [2.24, 2.45) is 0 Å². The molecular weight excluding hydrogens is 469 g/mol. The second-order valence-corrected chi connectivity index (χ2v) is 7.87. The molecular formula is C24H18ClF3N4O2. The number of hydrogen-bond acceptors (Lipinski definition) is 4. The summed E-state index contributed by atoms with van der Waals surface area (Å²) >= 11 is 5.60. The third-order valence-corrected chi connectivity index (χ3v) is 5.48. The molecule has 3 N–H and O–H groups in total. The maximum atomic E-state index is 13.0. The van der Waals surface area contributed by atoms with Gasteiger partial charge in [-0.05, 0) is 48.4 Å². The fourth-order valence-corrected chi connectivity index (χ4v) is 3.64. The Kier molecular flexibility index (Phi) is 6.56. The second kappa shape index (κ2) is 9.56. The van der Waals surface area contributed by atoms with Crippen molar-refractivity contribution >= 4 is 39.8 Å². The quantitative estimate of drug-likeness (QED) is 0.336. The van der Waals surface area contributed by atoms with Gasteiger partial charge in [0.05, 0.1) is 16.0 Å². The van der Waals surface area contributed by atoms with Gasteiger partial charge in [0.15, 0.2) is 5.82 Å². The molecule has 0 saturated carbocycles. The average molecular weight is 487 g/mol. The first kappa shape index (κ1) is 23.3. The molecule has 4 rings (SSSR count). The van der Waals surface area contributed by atoms with Crippen LogP contribution >= 0.6 is 11.6 Å². The van der Waals surface area contributed by atoms with Gasteiger partial charge in [0.25, 0.3) is 11.5 Å². The number of carbonyl (C=O) groups excluding carboxylic acids is 1. The number of aromatic nitrogens is 2. The van der Waals surface area contributed by atoms with Crippen LogP contribution in [0.4, 0.5) is 24.7 Å². The van der Waals surface area contributed by atoms with Crippen molar-refractivity contribution < 1.29 is 18.0 Å². The molecule has 1 aromatic heterocycles. The van der Waals surface area contributed by atoms with Gasteiger partial charge >= 0.3 is 6.18 Å². The number of alkyl halides is 3. The van der Waals surface area contributed by atoms with Crippen LogP contribution in [-0.4, -0.2) is 22.6 Å². The van der Waals surface area contributed by atoms with Gasteiger partial charge in [-0.2, -0.15) is 18.3 Å². The minimum absolute atomic E-state index is 0.148. The number of hydrogen-bond donors (Lipinski definition) is 3. The minimum atomic E-state index is -4.65. The summed E-state index contributed by atoms with van der Waals surface area (Å²) in [6.07, 6.45) is -4.02. The van der Waals surface area contributed by atoms with Gasteiger partial charge in [-0.3, -0.25) is 9.59 Å². The summed E-state index contributed by atoms with van der Waals surface area (Å²) in [5.41, 5.74) is -0.0596. The third-order valence-electron chi connectivity index (χ3n) is 5.15. The van der Waals surface area contributed by atoms with Crippen molar-refractivity contribution in [3.63, 3.8) is 0 Å². The molecule has 1 heterocycles. The van der Waals surface area contributed by atoms with Gasteiger partial charge in [0.1, 0.15) is 0 Å². The van der Waals surface area contributed by atoms with Crippen LogP contribution in [0.5, 0.6) is 0 Å². The van der Waals surface area contributed by atoms with Crippen molar-refractivity contribution in [3.8, 4) is 0 Å². The number of aromatic amines is 1. The Labute approximate surface area is 196 Å². The number of nitrogens with one attached hydrogen (secondary N) is 3. The number of rotatable bonds is 6. The molecule has 10 heteroatoms. The second-order valence-electron chi connectivity index (χ2n) is 7.47. The molecule has 0 spiro atoms. The largest absolute Gasteiger partial charge is 0.417 e. The molecule has 0 aliphatic carbocycles. The van der Waals surface area contributed by atoms with Gasteiger partial charge in [-0.15, -0.1) is 0 Å². The predicted molar refractivity (Wildman–Crippen MR) is 125 cm³/mol. The third kappa shape index (κ3) is 5.20. The highest BCUT2D eigenvalue weighted by Gasteiger charge is 2.33. The zero-order valence-electron chi connectivity index (χ0n) is 17.5. The summed E-state index contributed by atoms with van der Waals surface area (Å²) in [6.45, 7) is 0.541. The lowest BCUT2D eigenvalue weighted by Crippen LogP contribution is -2.14. The van der Waals surface area contributed by atoms with Crippen LogP contribution in [0.2, 0.25) is 5.02 Å². The molecule has 174 valence electrons. The van der Waals surface area contributed by atoms with Gasteiger partial charge < -0.3 is 10.6 Å². The molecule has 0 bridgehead atoms. The van der Waals surface area contributed by atoms with Crippen LogP contribution in [0, 0.1) is 0 Å². The Morgan fingerprint density at radius 1 is 1.00 bits per heavy atom. The Hall–Kier alpha value is -3.85. The number of anilines is 2. The lowest BCUT2D eigenvalue weighted by atomic mass is 10.1. The van der Waals surface area contributed by atoms with Gasteiger partial charge in [-0.25, -0.2) is 5.10 Å². The van der Waals surface area contributed by atoms with Crippen molar-refractivity contribution in [3.05, 3.63) is 98.8 Å². The lowest BCUT2D eigenvalue weighted by Gasteiger charge is -2.12. The van der Waals surface area contributed by atoms with Crippen molar-refractivity contribution in [2.75, 3.05) is 17.2 Å². The smallest absolute Gasteiger partial charge is 0.368 e. The molecule has 0 fully saturated rings. The summed E-state index contributed by atoms with van der Waals surface area (Å²) in [7, 11) is 0. The lowest BCUT2D eigenvalue weighted by molar-refractivity contribution is -0.137. The number of halogens is 4. The highest BCUT2D eigenvalue weighted by Crippen LogP contribution is 2.35. The van der Waals surface area contributed by atoms with Crippen molar-refractivity contribution in [2.45, 2.75) is 12.6 Å². The highest BCUT2D eigenvalue weighted by molar-refractivity contribution is 6.31. The van der Waals surface area contributed by atoms with Crippen LogP contribution in [0.25, 0.3) is 10.8 Å². The number of nitrogens with zero attached hydrogens (tertiary/aromatic N) is 1. The van der Waals surface area contributed by atoms with E-state index in [2.05, 4.69) is 20.8 Å². The van der Waals surface area contributed by atoms with E-state index in [-0.39, 0.29) is 11.1 Å². The fraction of sp³-hybridized carbons (Fsp3) is 0.125. The van der Waals surface area contributed by atoms with E-state index in [9.17, 15) is 22.8 Å². The Morgan fingerprint density at radius 3 is 2.41 bits per heavy atom. The minimum Gasteiger partial charge on any atom is -0.368 e. The molecule has 6 nitrogen and oxygen atoms in total. The molecule has 0 radical (unpaired) electrons. The predicted octanol–water partition coefficient (Wildman–Crippen LogP) is 5.50. The number of amides is 1. The number of fused-ring (bicyclic) bond motifs is 1. The summed E-state index contributed by atoms with van der Waals surface area (Å²) in [6, 6.07) is 17.1. The first-order valence-electron chi connectivity index (χ1n) is 10.2. The summed E-state index contributed by atoms with van der Waals surface area (Å²) in [5.74, 6) is -0.104. The van der Waals surface area contributed by atoms with Gasteiger partial charge in [0, 0.05) is 23.2 Å². The molecule has 34 heavy (non-hydrogen) atoms. The first-order chi connectivity index (χ1) is 16.2. The van der Waals surface area contributed by atoms with E-state index in [1.807, 2.05) is 12.1 Å². The monoisotopic (exact) mass is 486 g/mol. The number of carbonyl (C=O) groups is 1. The Morgan fingerprint density at radius 2 is 1.71 bits per heavy atom. The van der Waals surface area contributed by atoms with Crippen LogP contribution in [0.3, 0.4) is 0 Å². The van der Waals surface area contributed by atoms with Gasteiger partial charge in [0.2, 0.25) is 0 Å². The average Bonchev–Trinajstić information content (AvgIpc) is 2.81. The van der Waals surface area contributed by atoms with Crippen molar-refractivity contribution in [1.82, 2.24) is 10.2 Å². The zero-order valence-corrected chi connectivity index (χ0v) is 18.3. The molecule has 0 aliphatic heterocycles. The molecule has 0 unspecified atom stereocenters. The van der Waals surface area contributed by atoms with Crippen LogP contribution in [0.1, 0.15) is 21.5 Å². The molecule has 4 aromatic rings. The molecule has 1 amide bonds. The van der Waals surface area contributed by atoms with E-state index >= 15 is 0 Å². The molecule has 0 aliphatic rings. The Balaban J connectivity index is 1.37. The van der Waals surface area contributed by atoms with Gasteiger partial charge in [-0.1, -0.05) is 41.9 Å². The van der Waals surface area contributed by atoms with E-state index < -0.39 is 22.7 Å². The normalized spacial score (nSPS) is 11.4. The standard InChI is InChI=1S/C24H18ClF3N4O2/c25-20-10-7-15(13-19(20)24(26,27)28)22(33)30-16-8-5-14(6-9-16)11-12-29-21-17-3-1-2-4-18(17)23(34)32-31-21/h1-10,13H,11-12H2,(H,29,31)(H,30,33)(H,32,34). The summed E-state index contributed by atoms with van der Waals surface area (Å²) in [5, 5.41) is 13.1. The number of benzene rings is 3. The SMILES string of the molecule is O=C(Nc1ccc(CCNc2n[nH]c(=O)c3ccccc23)cc1)c1ccc(Cl)c(C(F)(F)F)c1. The maximum Gasteiger partial charge on any atom is 0.417 e. The summed E-state index contributed by atoms with van der Waals surface area (Å²) in [4.78, 5) is 24.3. The molecule has 3 aromatic carbocycles. The zero-order chi connectivity index (χ0) is 24.3. The van der Waals surface area contributed by atoms with E-state index in [1.165, 1.54) is 6.07 Å². The topological polar surface area (TPSA) is 86.9 Å². The van der Waals surface area contributed by atoms with E-state index in [1.54, 1.807) is 36.4 Å². The molecule has 0 atom stereocenters. The molecule has 0 saturated heterocycles. The van der Waals surface area contributed by atoms with E-state index in [0.29, 0.717) is 29.9 Å². The van der Waals surface area contributed by atoms with E-state index in [0.717, 1.165) is 23.1 Å². The highest BCUT2D eigenvalue weighted by atomic mass is 35.5. The maximum absolute atomic E-state index is 13.0. The fourth-order valence-electron chi connectivity index (χ4n) is 3.42. The van der Waals surface area contributed by atoms with Crippen molar-refractivity contribution in [1.29, 1.82) is 0 Å². The summed E-state index contributed by atoms with van der Waals surface area (Å²) < 4.78 is 39.1. The number of H-pyrrole nitrogens is 1.